The largest absolute Gasteiger partial charge is 0.313 e. The van der Waals surface area contributed by atoms with Crippen molar-refractivity contribution in [3.8, 4) is 0 Å². The first-order chi connectivity index (χ1) is 4.93. The normalized spacial score (nSPS) is 25.5. The van der Waals surface area contributed by atoms with Crippen LogP contribution in [0.1, 0.15) is 26.2 Å². The summed E-state index contributed by atoms with van der Waals surface area (Å²) in [7, 11) is 0. The predicted octanol–water partition coefficient (Wildman–Crippen LogP) is 1.88. The van der Waals surface area contributed by atoms with Crippen molar-refractivity contribution >= 4 is 11.8 Å². The molecule has 60 valence electrons. The summed E-state index contributed by atoms with van der Waals surface area (Å²) in [6, 6.07) is 0.830. The van der Waals surface area contributed by atoms with Gasteiger partial charge in [0.15, 0.2) is 0 Å². The molecule has 0 aromatic carbocycles. The molecule has 1 atom stereocenters. The zero-order chi connectivity index (χ0) is 7.23. The van der Waals surface area contributed by atoms with Crippen LogP contribution in [0.5, 0.6) is 0 Å². The fourth-order valence-corrected chi connectivity index (χ4v) is 2.29. The van der Waals surface area contributed by atoms with Crippen LogP contribution in [0.15, 0.2) is 0 Å². The minimum absolute atomic E-state index is 0.830. The first-order valence-electron chi connectivity index (χ1n) is 4.24. The van der Waals surface area contributed by atoms with E-state index in [1.807, 2.05) is 0 Å². The average molecular weight is 159 g/mol. The van der Waals surface area contributed by atoms with Crippen LogP contribution in [-0.2, 0) is 0 Å². The summed E-state index contributed by atoms with van der Waals surface area (Å²) in [4.78, 5) is 0. The maximum absolute atomic E-state index is 3.49. The summed E-state index contributed by atoms with van der Waals surface area (Å²) in [6.45, 7) is 3.49. The third-order valence-electron chi connectivity index (χ3n) is 1.83. The summed E-state index contributed by atoms with van der Waals surface area (Å²) in [5.41, 5.74) is 0. The monoisotopic (exact) mass is 159 g/mol. The van der Waals surface area contributed by atoms with E-state index in [4.69, 9.17) is 0 Å². The van der Waals surface area contributed by atoms with Gasteiger partial charge in [-0.3, -0.25) is 0 Å². The van der Waals surface area contributed by atoms with Gasteiger partial charge in [0.2, 0.25) is 0 Å². The van der Waals surface area contributed by atoms with Crippen molar-refractivity contribution in [1.29, 1.82) is 0 Å². The van der Waals surface area contributed by atoms with Gasteiger partial charge >= 0.3 is 0 Å². The zero-order valence-electron chi connectivity index (χ0n) is 6.73. The molecule has 0 saturated carbocycles. The van der Waals surface area contributed by atoms with Gasteiger partial charge in [-0.05, 0) is 31.6 Å². The smallest absolute Gasteiger partial charge is 0.0158 e. The highest BCUT2D eigenvalue weighted by Gasteiger charge is 2.12. The van der Waals surface area contributed by atoms with Gasteiger partial charge < -0.3 is 5.32 Å². The second-order valence-corrected chi connectivity index (χ2v) is 4.02. The van der Waals surface area contributed by atoms with E-state index in [2.05, 4.69) is 24.0 Å². The van der Waals surface area contributed by atoms with Gasteiger partial charge in [0, 0.05) is 11.8 Å². The standard InChI is InChI=1S/C8H17NS/c1-2-6-10-7-8-4-3-5-9-8/h8-9H,2-7H2,1H3/t8-/m1/s1. The van der Waals surface area contributed by atoms with E-state index in [1.54, 1.807) is 0 Å². The molecule has 0 spiro atoms. The summed E-state index contributed by atoms with van der Waals surface area (Å²) in [6.07, 6.45) is 4.10. The van der Waals surface area contributed by atoms with Crippen LogP contribution in [0.25, 0.3) is 0 Å². The summed E-state index contributed by atoms with van der Waals surface area (Å²) < 4.78 is 0. The van der Waals surface area contributed by atoms with E-state index >= 15 is 0 Å². The molecule has 1 rings (SSSR count). The Bertz CT molecular complexity index is 79.3. The number of nitrogens with one attached hydrogen (secondary N) is 1. The molecule has 0 unspecified atom stereocenters. The molecule has 0 aliphatic carbocycles. The lowest BCUT2D eigenvalue weighted by molar-refractivity contribution is 0.674. The molecule has 1 heterocycles. The van der Waals surface area contributed by atoms with Crippen molar-refractivity contribution in [2.45, 2.75) is 32.2 Å². The number of thioether (sulfide) groups is 1. The highest BCUT2D eigenvalue weighted by Crippen LogP contribution is 2.12. The highest BCUT2D eigenvalue weighted by atomic mass is 32.2. The van der Waals surface area contributed by atoms with Crippen molar-refractivity contribution < 1.29 is 0 Å². The van der Waals surface area contributed by atoms with E-state index < -0.39 is 0 Å². The molecule has 0 radical (unpaired) electrons. The van der Waals surface area contributed by atoms with Crippen LogP contribution in [0.4, 0.5) is 0 Å². The third kappa shape index (κ3) is 2.93. The quantitative estimate of drug-likeness (QED) is 0.629. The molecule has 0 aromatic heterocycles. The van der Waals surface area contributed by atoms with Gasteiger partial charge in [0.1, 0.15) is 0 Å². The summed E-state index contributed by atoms with van der Waals surface area (Å²) in [5.74, 6) is 2.66. The molecular weight excluding hydrogens is 142 g/mol. The van der Waals surface area contributed by atoms with Crippen molar-refractivity contribution in [2.24, 2.45) is 0 Å². The first-order valence-corrected chi connectivity index (χ1v) is 5.40. The van der Waals surface area contributed by atoms with Crippen LogP contribution < -0.4 is 5.32 Å². The Morgan fingerprint density at radius 1 is 1.60 bits per heavy atom. The van der Waals surface area contributed by atoms with Crippen LogP contribution in [-0.4, -0.2) is 24.1 Å². The van der Waals surface area contributed by atoms with E-state index in [0.29, 0.717) is 0 Å². The highest BCUT2D eigenvalue weighted by molar-refractivity contribution is 7.99. The molecule has 2 heteroatoms. The lowest BCUT2D eigenvalue weighted by atomic mass is 10.3. The van der Waals surface area contributed by atoms with Gasteiger partial charge in [-0.15, -0.1) is 0 Å². The van der Waals surface area contributed by atoms with Crippen molar-refractivity contribution in [2.75, 3.05) is 18.1 Å². The zero-order valence-corrected chi connectivity index (χ0v) is 7.54. The van der Waals surface area contributed by atoms with E-state index in [1.165, 1.54) is 37.3 Å². The topological polar surface area (TPSA) is 12.0 Å². The van der Waals surface area contributed by atoms with E-state index in [0.717, 1.165) is 6.04 Å². The second kappa shape index (κ2) is 5.03. The minimum Gasteiger partial charge on any atom is -0.313 e. The molecular formula is C8H17NS. The van der Waals surface area contributed by atoms with E-state index in [-0.39, 0.29) is 0 Å². The Morgan fingerprint density at radius 3 is 3.10 bits per heavy atom. The number of hydrogen-bond acceptors (Lipinski definition) is 2. The van der Waals surface area contributed by atoms with Crippen LogP contribution >= 0.6 is 11.8 Å². The molecule has 1 aliphatic heterocycles. The molecule has 10 heavy (non-hydrogen) atoms. The second-order valence-electron chi connectivity index (χ2n) is 2.87. The Labute approximate surface area is 68.0 Å². The molecule has 1 aliphatic rings. The van der Waals surface area contributed by atoms with Crippen LogP contribution in [0.3, 0.4) is 0 Å². The maximum atomic E-state index is 3.49. The van der Waals surface area contributed by atoms with Gasteiger partial charge in [0.25, 0.3) is 0 Å². The van der Waals surface area contributed by atoms with Gasteiger partial charge in [-0.25, -0.2) is 0 Å². The average Bonchev–Trinajstić information content (AvgIpc) is 2.41. The maximum Gasteiger partial charge on any atom is 0.0158 e. The number of rotatable bonds is 4. The van der Waals surface area contributed by atoms with Crippen molar-refractivity contribution in [3.63, 3.8) is 0 Å². The summed E-state index contributed by atoms with van der Waals surface area (Å²) >= 11 is 2.09. The van der Waals surface area contributed by atoms with Crippen molar-refractivity contribution in [3.05, 3.63) is 0 Å². The molecule has 1 fully saturated rings. The Hall–Kier alpha value is 0.310. The van der Waals surface area contributed by atoms with Crippen LogP contribution in [0.2, 0.25) is 0 Å². The molecule has 1 N–H and O–H groups in total. The third-order valence-corrected chi connectivity index (χ3v) is 3.16. The lowest BCUT2D eigenvalue weighted by Gasteiger charge is -2.07. The minimum atomic E-state index is 0.830. The molecule has 0 aromatic rings. The van der Waals surface area contributed by atoms with Gasteiger partial charge in [-0.2, -0.15) is 11.8 Å². The van der Waals surface area contributed by atoms with Crippen LogP contribution in [0, 0.1) is 0 Å². The predicted molar refractivity (Wildman–Crippen MR) is 48.6 cm³/mol. The Kier molecular flexibility index (Phi) is 4.23. The fourth-order valence-electron chi connectivity index (χ4n) is 1.27. The van der Waals surface area contributed by atoms with Gasteiger partial charge in [-0.1, -0.05) is 6.92 Å². The molecule has 1 saturated heterocycles. The SMILES string of the molecule is CCCSC[C@H]1CCCN1. The Balaban J connectivity index is 1.91. The van der Waals surface area contributed by atoms with E-state index in [9.17, 15) is 0 Å². The fraction of sp³-hybridized carbons (Fsp3) is 1.00. The molecule has 0 bridgehead atoms. The van der Waals surface area contributed by atoms with Crippen molar-refractivity contribution in [1.82, 2.24) is 5.32 Å². The molecule has 0 amide bonds. The number of hydrogen-bond donors (Lipinski definition) is 1. The Morgan fingerprint density at radius 2 is 2.50 bits per heavy atom. The lowest BCUT2D eigenvalue weighted by Crippen LogP contribution is -2.23. The summed E-state index contributed by atoms with van der Waals surface area (Å²) in [5, 5.41) is 3.49. The molecule has 1 nitrogen and oxygen atoms in total. The first kappa shape index (κ1) is 8.41. The van der Waals surface area contributed by atoms with Gasteiger partial charge in [0.05, 0.1) is 0 Å².